The summed E-state index contributed by atoms with van der Waals surface area (Å²) in [6, 6.07) is 3.98. The number of anilines is 1. The van der Waals surface area contributed by atoms with Crippen molar-refractivity contribution in [1.29, 1.82) is 0 Å². The first-order valence-electron chi connectivity index (χ1n) is 7.65. The molecule has 1 fully saturated rings. The Hall–Kier alpha value is -3.30. The maximum atomic E-state index is 12.8. The third-order valence-electron chi connectivity index (χ3n) is 3.87. The summed E-state index contributed by atoms with van der Waals surface area (Å²) in [5.41, 5.74) is 0.214. The number of aliphatic carboxylic acids is 1. The maximum Gasteiger partial charge on any atom is 0.305 e. The first-order valence-corrected chi connectivity index (χ1v) is 7.65. The van der Waals surface area contributed by atoms with Gasteiger partial charge in [-0.15, -0.1) is 5.10 Å². The van der Waals surface area contributed by atoms with Crippen LogP contribution in [0.25, 0.3) is 10.9 Å². The number of nitrogens with zero attached hydrogens (tertiary/aromatic N) is 3. The minimum atomic E-state index is -0.964. The number of rotatable bonds is 5. The molecule has 1 aromatic heterocycles. The van der Waals surface area contributed by atoms with Crippen molar-refractivity contribution < 1.29 is 19.5 Å². The lowest BCUT2D eigenvalue weighted by molar-refractivity contribution is -0.137. The highest BCUT2D eigenvalue weighted by molar-refractivity contribution is 5.99. The summed E-state index contributed by atoms with van der Waals surface area (Å²) >= 11 is 0. The van der Waals surface area contributed by atoms with Crippen LogP contribution >= 0.6 is 0 Å². The van der Waals surface area contributed by atoms with Crippen LogP contribution in [0.5, 0.6) is 0 Å². The number of hydrogen-bond acceptors (Lipinski definition) is 7. The Morgan fingerprint density at radius 3 is 2.88 bits per heavy atom. The molecule has 0 aliphatic carbocycles. The number of carboxylic acid groups (broad SMARTS) is 1. The molecule has 1 atom stereocenters. The normalized spacial score (nSPS) is 17.4. The molecule has 1 aliphatic heterocycles. The van der Waals surface area contributed by atoms with E-state index in [1.165, 1.54) is 0 Å². The highest BCUT2D eigenvalue weighted by Gasteiger charge is 2.30. The van der Waals surface area contributed by atoms with Crippen LogP contribution in [-0.4, -0.2) is 44.4 Å². The minimum absolute atomic E-state index is 0.112. The Balaban J connectivity index is 2.00. The fourth-order valence-corrected chi connectivity index (χ4v) is 2.67. The Morgan fingerprint density at radius 2 is 2.16 bits per heavy atom. The van der Waals surface area contributed by atoms with Crippen molar-refractivity contribution in [3.63, 3.8) is 0 Å². The number of carbonyl (C=O) groups is 3. The molecule has 1 unspecified atom stereocenters. The van der Waals surface area contributed by atoms with Gasteiger partial charge >= 0.3 is 5.97 Å². The summed E-state index contributed by atoms with van der Waals surface area (Å²) in [5, 5.41) is 21.8. The van der Waals surface area contributed by atoms with Gasteiger partial charge in [0.15, 0.2) is 0 Å². The monoisotopic (exact) mass is 345 g/mol. The van der Waals surface area contributed by atoms with Gasteiger partial charge in [-0.1, -0.05) is 11.3 Å². The molecule has 0 saturated carbocycles. The van der Waals surface area contributed by atoms with Crippen molar-refractivity contribution in [2.75, 3.05) is 11.9 Å². The lowest BCUT2D eigenvalue weighted by Gasteiger charge is -2.21. The Kier molecular flexibility index (Phi) is 4.42. The Bertz CT molecular complexity index is 922. The second-order valence-corrected chi connectivity index (χ2v) is 5.58. The van der Waals surface area contributed by atoms with Gasteiger partial charge in [-0.2, -0.15) is 4.68 Å². The van der Waals surface area contributed by atoms with E-state index in [0.29, 0.717) is 11.2 Å². The third-order valence-corrected chi connectivity index (χ3v) is 3.87. The number of benzene rings is 1. The number of aromatic nitrogens is 3. The molecule has 2 heterocycles. The molecule has 3 N–H and O–H groups in total. The second kappa shape index (κ2) is 6.67. The van der Waals surface area contributed by atoms with Crippen molar-refractivity contribution >= 4 is 34.4 Å². The second-order valence-electron chi connectivity index (χ2n) is 5.58. The summed E-state index contributed by atoms with van der Waals surface area (Å²) in [7, 11) is 0. The number of piperidine rings is 1. The molecule has 3 rings (SSSR count). The summed E-state index contributed by atoms with van der Waals surface area (Å²) in [6.45, 7) is 0.134. The molecule has 0 spiro atoms. The molecule has 10 heteroatoms. The molecule has 0 radical (unpaired) electrons. The lowest BCUT2D eigenvalue weighted by atomic mass is 10.1. The largest absolute Gasteiger partial charge is 0.481 e. The average Bonchev–Trinajstić information content (AvgIpc) is 2.56. The summed E-state index contributed by atoms with van der Waals surface area (Å²) in [5.74, 6) is -1.95. The van der Waals surface area contributed by atoms with Crippen molar-refractivity contribution in [3.8, 4) is 0 Å². The van der Waals surface area contributed by atoms with E-state index in [9.17, 15) is 19.2 Å². The first kappa shape index (κ1) is 16.6. The van der Waals surface area contributed by atoms with E-state index in [4.69, 9.17) is 5.11 Å². The van der Waals surface area contributed by atoms with Crippen LogP contribution in [-0.2, 0) is 14.4 Å². The number of hydrogen-bond donors (Lipinski definition) is 3. The number of amides is 2. The SMILES string of the molecule is O=C(O)CCNc1cccc2nnn(C3CCC(=O)NC3=O)c(=O)c12. The summed E-state index contributed by atoms with van der Waals surface area (Å²) in [6.07, 6.45) is 0.163. The van der Waals surface area contributed by atoms with Gasteiger partial charge in [0.05, 0.1) is 11.8 Å². The minimum Gasteiger partial charge on any atom is -0.481 e. The van der Waals surface area contributed by atoms with E-state index >= 15 is 0 Å². The van der Waals surface area contributed by atoms with Crippen molar-refractivity contribution in [3.05, 3.63) is 28.6 Å². The molecule has 1 aromatic carbocycles. The molecule has 2 aromatic rings. The molecular weight excluding hydrogens is 330 g/mol. The van der Waals surface area contributed by atoms with Gasteiger partial charge in [-0.3, -0.25) is 24.5 Å². The summed E-state index contributed by atoms with van der Waals surface area (Å²) < 4.78 is 0.965. The van der Waals surface area contributed by atoms with Crippen LogP contribution in [0.4, 0.5) is 5.69 Å². The Labute approximate surface area is 140 Å². The number of imide groups is 1. The zero-order chi connectivity index (χ0) is 18.0. The van der Waals surface area contributed by atoms with Crippen LogP contribution in [0.15, 0.2) is 23.0 Å². The van der Waals surface area contributed by atoms with E-state index in [1.807, 2.05) is 0 Å². The van der Waals surface area contributed by atoms with E-state index in [2.05, 4.69) is 20.9 Å². The van der Waals surface area contributed by atoms with Crippen LogP contribution in [0, 0.1) is 0 Å². The average molecular weight is 345 g/mol. The number of nitrogens with one attached hydrogen (secondary N) is 2. The fourth-order valence-electron chi connectivity index (χ4n) is 2.67. The smallest absolute Gasteiger partial charge is 0.305 e. The van der Waals surface area contributed by atoms with Crippen LogP contribution in [0.2, 0.25) is 0 Å². The van der Waals surface area contributed by atoms with Gasteiger partial charge in [0, 0.05) is 18.7 Å². The van der Waals surface area contributed by atoms with Gasteiger partial charge in [0.25, 0.3) is 11.5 Å². The molecule has 0 bridgehead atoms. The van der Waals surface area contributed by atoms with Gasteiger partial charge in [0.2, 0.25) is 5.91 Å². The van der Waals surface area contributed by atoms with Crippen molar-refractivity contribution in [2.24, 2.45) is 0 Å². The van der Waals surface area contributed by atoms with Gasteiger partial charge in [0.1, 0.15) is 11.6 Å². The summed E-state index contributed by atoms with van der Waals surface area (Å²) in [4.78, 5) is 46.7. The molecule has 25 heavy (non-hydrogen) atoms. The fraction of sp³-hybridized carbons (Fsp3) is 0.333. The quantitative estimate of drug-likeness (QED) is 0.624. The van der Waals surface area contributed by atoms with E-state index < -0.39 is 23.5 Å². The zero-order valence-electron chi connectivity index (χ0n) is 13.1. The zero-order valence-corrected chi connectivity index (χ0v) is 13.1. The third kappa shape index (κ3) is 3.32. The topological polar surface area (TPSA) is 143 Å². The van der Waals surface area contributed by atoms with Gasteiger partial charge in [-0.05, 0) is 18.6 Å². The van der Waals surface area contributed by atoms with E-state index in [0.717, 1.165) is 4.68 Å². The number of fused-ring (bicyclic) bond motifs is 1. The number of carboxylic acids is 1. The van der Waals surface area contributed by atoms with Crippen molar-refractivity contribution in [2.45, 2.75) is 25.3 Å². The molecule has 10 nitrogen and oxygen atoms in total. The van der Waals surface area contributed by atoms with Crippen molar-refractivity contribution in [1.82, 2.24) is 20.3 Å². The van der Waals surface area contributed by atoms with Crippen LogP contribution < -0.4 is 16.2 Å². The molecule has 2 amide bonds. The van der Waals surface area contributed by atoms with Crippen LogP contribution in [0.1, 0.15) is 25.3 Å². The number of carbonyl (C=O) groups excluding carboxylic acids is 2. The predicted octanol–water partition coefficient (Wildman–Crippen LogP) is -0.344. The van der Waals surface area contributed by atoms with Gasteiger partial charge in [-0.25, -0.2) is 0 Å². The standard InChI is InChI=1S/C15H15N5O5/c21-11-5-4-10(14(24)17-11)20-15(25)13-8(16-7-6-12(22)23)2-1-3-9(13)18-19-20/h1-3,10,16H,4-7H2,(H,22,23)(H,17,21,24). The van der Waals surface area contributed by atoms with Gasteiger partial charge < -0.3 is 10.4 Å². The predicted molar refractivity (Wildman–Crippen MR) is 86.0 cm³/mol. The first-order chi connectivity index (χ1) is 12.0. The molecule has 1 aliphatic rings. The Morgan fingerprint density at radius 1 is 1.36 bits per heavy atom. The molecular formula is C15H15N5O5. The van der Waals surface area contributed by atoms with Crippen LogP contribution in [0.3, 0.4) is 0 Å². The molecule has 130 valence electrons. The van der Waals surface area contributed by atoms with E-state index in [-0.39, 0.29) is 37.1 Å². The maximum absolute atomic E-state index is 12.8. The molecule has 1 saturated heterocycles. The highest BCUT2D eigenvalue weighted by atomic mass is 16.4. The highest BCUT2D eigenvalue weighted by Crippen LogP contribution is 2.20. The van der Waals surface area contributed by atoms with E-state index in [1.54, 1.807) is 18.2 Å². The lowest BCUT2D eigenvalue weighted by Crippen LogP contribution is -2.45.